The number of carbonyl (C=O) groups excluding carboxylic acids is 1. The van der Waals surface area contributed by atoms with Gasteiger partial charge in [0, 0.05) is 20.0 Å². The van der Waals surface area contributed by atoms with Crippen LogP contribution in [-0.4, -0.2) is 23.9 Å². The summed E-state index contributed by atoms with van der Waals surface area (Å²) >= 11 is 0. The molecule has 1 saturated heterocycles. The Labute approximate surface area is 80.6 Å². The first-order chi connectivity index (χ1) is 6.24. The van der Waals surface area contributed by atoms with E-state index in [1.165, 1.54) is 0 Å². The first kappa shape index (κ1) is 10.3. The fourth-order valence-electron chi connectivity index (χ4n) is 1.74. The van der Waals surface area contributed by atoms with E-state index in [0.717, 1.165) is 32.4 Å². The standard InChI is InChI=1S/C11H19NO/c1-3-4-5-11-6-8-12(9-7-11)10(2)13/h4-5,11H,3,6-9H2,1-2H3/b5-4-. The van der Waals surface area contributed by atoms with Gasteiger partial charge in [-0.3, -0.25) is 4.79 Å². The van der Waals surface area contributed by atoms with E-state index in [1.54, 1.807) is 6.92 Å². The van der Waals surface area contributed by atoms with Gasteiger partial charge < -0.3 is 4.90 Å². The van der Waals surface area contributed by atoms with Gasteiger partial charge in [-0.2, -0.15) is 0 Å². The first-order valence-electron chi connectivity index (χ1n) is 5.16. The maximum absolute atomic E-state index is 11.0. The third-order valence-electron chi connectivity index (χ3n) is 2.63. The monoisotopic (exact) mass is 181 g/mol. The molecule has 0 aromatic carbocycles. The molecule has 2 heteroatoms. The molecule has 1 aliphatic heterocycles. The summed E-state index contributed by atoms with van der Waals surface area (Å²) in [5, 5.41) is 0. The lowest BCUT2D eigenvalue weighted by atomic mass is 9.96. The van der Waals surface area contributed by atoms with Crippen LogP contribution in [0.15, 0.2) is 12.2 Å². The zero-order valence-corrected chi connectivity index (χ0v) is 8.62. The van der Waals surface area contributed by atoms with Gasteiger partial charge in [0.05, 0.1) is 0 Å². The van der Waals surface area contributed by atoms with E-state index in [-0.39, 0.29) is 5.91 Å². The lowest BCUT2D eigenvalue weighted by molar-refractivity contribution is -0.129. The summed E-state index contributed by atoms with van der Waals surface area (Å²) in [4.78, 5) is 13.0. The average molecular weight is 181 g/mol. The molecule has 0 atom stereocenters. The highest BCUT2D eigenvalue weighted by atomic mass is 16.2. The van der Waals surface area contributed by atoms with E-state index >= 15 is 0 Å². The molecule has 0 radical (unpaired) electrons. The van der Waals surface area contributed by atoms with Crippen molar-refractivity contribution in [3.05, 3.63) is 12.2 Å². The Kier molecular flexibility index (Phi) is 4.00. The second-order valence-corrected chi connectivity index (χ2v) is 3.68. The summed E-state index contributed by atoms with van der Waals surface area (Å²) in [5.74, 6) is 0.925. The van der Waals surface area contributed by atoms with Gasteiger partial charge >= 0.3 is 0 Å². The minimum Gasteiger partial charge on any atom is -0.343 e. The van der Waals surface area contributed by atoms with Crippen molar-refractivity contribution in [1.82, 2.24) is 4.90 Å². The molecule has 0 spiro atoms. The van der Waals surface area contributed by atoms with Gasteiger partial charge in [0.15, 0.2) is 0 Å². The largest absolute Gasteiger partial charge is 0.343 e. The van der Waals surface area contributed by atoms with Gasteiger partial charge in [-0.05, 0) is 25.2 Å². The highest BCUT2D eigenvalue weighted by molar-refractivity contribution is 5.73. The maximum atomic E-state index is 11.0. The van der Waals surface area contributed by atoms with Crippen molar-refractivity contribution in [1.29, 1.82) is 0 Å². The molecule has 0 N–H and O–H groups in total. The normalized spacial score (nSPS) is 19.7. The molecule has 0 aromatic rings. The fourth-order valence-corrected chi connectivity index (χ4v) is 1.74. The molecule has 0 saturated carbocycles. The zero-order chi connectivity index (χ0) is 9.68. The van der Waals surface area contributed by atoms with Gasteiger partial charge in [0.25, 0.3) is 0 Å². The summed E-state index contributed by atoms with van der Waals surface area (Å²) in [6.07, 6.45) is 7.92. The molecule has 1 fully saturated rings. The van der Waals surface area contributed by atoms with Gasteiger partial charge in [0.2, 0.25) is 5.91 Å². The Hall–Kier alpha value is -0.790. The van der Waals surface area contributed by atoms with Crippen LogP contribution in [0.1, 0.15) is 33.1 Å². The molecular weight excluding hydrogens is 162 g/mol. The fraction of sp³-hybridized carbons (Fsp3) is 0.727. The third kappa shape index (κ3) is 3.21. The summed E-state index contributed by atoms with van der Waals surface area (Å²) in [7, 11) is 0. The molecule has 1 amide bonds. The Balaban J connectivity index is 2.30. The predicted molar refractivity (Wildman–Crippen MR) is 54.4 cm³/mol. The highest BCUT2D eigenvalue weighted by Crippen LogP contribution is 2.18. The Morgan fingerprint density at radius 2 is 2.08 bits per heavy atom. The van der Waals surface area contributed by atoms with Crippen LogP contribution < -0.4 is 0 Å². The predicted octanol–water partition coefficient (Wildman–Crippen LogP) is 2.21. The maximum Gasteiger partial charge on any atom is 0.219 e. The summed E-state index contributed by atoms with van der Waals surface area (Å²) < 4.78 is 0. The van der Waals surface area contributed by atoms with Crippen molar-refractivity contribution in [3.63, 3.8) is 0 Å². The van der Waals surface area contributed by atoms with Crippen molar-refractivity contribution in [3.8, 4) is 0 Å². The zero-order valence-electron chi connectivity index (χ0n) is 8.62. The Morgan fingerprint density at radius 3 is 2.54 bits per heavy atom. The molecule has 0 unspecified atom stereocenters. The molecule has 0 aliphatic carbocycles. The quantitative estimate of drug-likeness (QED) is 0.598. The van der Waals surface area contributed by atoms with Crippen LogP contribution in [-0.2, 0) is 4.79 Å². The van der Waals surface area contributed by atoms with Gasteiger partial charge in [-0.25, -0.2) is 0 Å². The number of likely N-dealkylation sites (tertiary alicyclic amines) is 1. The molecule has 74 valence electrons. The van der Waals surface area contributed by atoms with Crippen LogP contribution >= 0.6 is 0 Å². The van der Waals surface area contributed by atoms with Crippen LogP contribution in [0.4, 0.5) is 0 Å². The third-order valence-corrected chi connectivity index (χ3v) is 2.63. The van der Waals surface area contributed by atoms with Crippen LogP contribution in [0.25, 0.3) is 0 Å². The SMILES string of the molecule is CC/C=C\C1CCN(C(C)=O)CC1. The topological polar surface area (TPSA) is 20.3 Å². The number of amides is 1. The number of hydrogen-bond donors (Lipinski definition) is 0. The molecule has 13 heavy (non-hydrogen) atoms. The Morgan fingerprint density at radius 1 is 1.46 bits per heavy atom. The van der Waals surface area contributed by atoms with E-state index < -0.39 is 0 Å². The molecule has 1 heterocycles. The first-order valence-corrected chi connectivity index (χ1v) is 5.16. The second kappa shape index (κ2) is 5.05. The number of nitrogens with zero attached hydrogens (tertiary/aromatic N) is 1. The number of carbonyl (C=O) groups is 1. The minimum atomic E-state index is 0.220. The Bertz CT molecular complexity index is 190. The summed E-state index contributed by atoms with van der Waals surface area (Å²) in [5.41, 5.74) is 0. The van der Waals surface area contributed by atoms with E-state index in [9.17, 15) is 4.79 Å². The molecule has 0 bridgehead atoms. The molecule has 0 aromatic heterocycles. The van der Waals surface area contributed by atoms with Crippen molar-refractivity contribution < 1.29 is 4.79 Å². The number of allylic oxidation sites excluding steroid dienone is 2. The van der Waals surface area contributed by atoms with Gasteiger partial charge in [-0.1, -0.05) is 19.1 Å². The van der Waals surface area contributed by atoms with Crippen molar-refractivity contribution in [2.24, 2.45) is 5.92 Å². The van der Waals surface area contributed by atoms with Crippen molar-refractivity contribution in [2.75, 3.05) is 13.1 Å². The van der Waals surface area contributed by atoms with Crippen molar-refractivity contribution in [2.45, 2.75) is 33.1 Å². The van der Waals surface area contributed by atoms with Crippen molar-refractivity contribution >= 4 is 5.91 Å². The number of hydrogen-bond acceptors (Lipinski definition) is 1. The number of rotatable bonds is 2. The van der Waals surface area contributed by atoms with Crippen LogP contribution in [0.5, 0.6) is 0 Å². The molecule has 2 nitrogen and oxygen atoms in total. The smallest absolute Gasteiger partial charge is 0.219 e. The van der Waals surface area contributed by atoms with E-state index in [0.29, 0.717) is 5.92 Å². The second-order valence-electron chi connectivity index (χ2n) is 3.68. The van der Waals surface area contributed by atoms with Gasteiger partial charge in [-0.15, -0.1) is 0 Å². The highest BCUT2D eigenvalue weighted by Gasteiger charge is 2.18. The van der Waals surface area contributed by atoms with E-state index in [4.69, 9.17) is 0 Å². The lowest BCUT2D eigenvalue weighted by Crippen LogP contribution is -2.36. The molecule has 1 rings (SSSR count). The average Bonchev–Trinajstić information content (AvgIpc) is 2.15. The molecule has 1 aliphatic rings. The summed E-state index contributed by atoms with van der Waals surface area (Å²) in [6, 6.07) is 0. The molecular formula is C11H19NO. The van der Waals surface area contributed by atoms with Crippen LogP contribution in [0.2, 0.25) is 0 Å². The van der Waals surface area contributed by atoms with Gasteiger partial charge in [0.1, 0.15) is 0 Å². The van der Waals surface area contributed by atoms with E-state index in [2.05, 4.69) is 19.1 Å². The van der Waals surface area contributed by atoms with E-state index in [1.807, 2.05) is 4.90 Å². The lowest BCUT2D eigenvalue weighted by Gasteiger charge is -2.29. The van der Waals surface area contributed by atoms with Crippen LogP contribution in [0.3, 0.4) is 0 Å². The number of piperidine rings is 1. The summed E-state index contributed by atoms with van der Waals surface area (Å²) in [6.45, 7) is 5.69. The van der Waals surface area contributed by atoms with Crippen LogP contribution in [0, 0.1) is 5.92 Å². The minimum absolute atomic E-state index is 0.220.